The standard InChI is InChI=1S/C16H35N.H3O4P/c1-5-7-9-10-11-13-15-16(17(3)4)14-12-8-6-2;1-5(2,3)4/h16H,5-15H2,1-4H3;(H3,1,2,3,4). The van der Waals surface area contributed by atoms with Gasteiger partial charge in [-0.1, -0.05) is 71.6 Å². The minimum atomic E-state index is -4.64. The summed E-state index contributed by atoms with van der Waals surface area (Å²) >= 11 is 0. The Hall–Kier alpha value is 0.0700. The van der Waals surface area contributed by atoms with E-state index in [0.717, 1.165) is 6.04 Å². The average Bonchev–Trinajstić information content (AvgIpc) is 2.38. The summed E-state index contributed by atoms with van der Waals surface area (Å²) < 4.78 is 8.88. The number of hydrogen-bond donors (Lipinski definition) is 3. The molecule has 3 N–H and O–H groups in total. The van der Waals surface area contributed by atoms with Crippen LogP contribution in [0, 0.1) is 0 Å². The molecule has 1 atom stereocenters. The number of hydrogen-bond acceptors (Lipinski definition) is 2. The van der Waals surface area contributed by atoms with Crippen molar-refractivity contribution in [3.8, 4) is 0 Å². The van der Waals surface area contributed by atoms with Crippen molar-refractivity contribution in [1.82, 2.24) is 4.90 Å². The van der Waals surface area contributed by atoms with Crippen molar-refractivity contribution in [2.75, 3.05) is 14.1 Å². The molecule has 5 nitrogen and oxygen atoms in total. The number of unbranched alkanes of at least 4 members (excludes halogenated alkanes) is 7. The summed E-state index contributed by atoms with van der Waals surface area (Å²) in [6.07, 6.45) is 15.5. The van der Waals surface area contributed by atoms with E-state index in [1.807, 2.05) is 0 Å². The lowest BCUT2D eigenvalue weighted by Gasteiger charge is -2.24. The van der Waals surface area contributed by atoms with Crippen LogP contribution >= 0.6 is 7.82 Å². The quantitative estimate of drug-likeness (QED) is 0.364. The van der Waals surface area contributed by atoms with Crippen molar-refractivity contribution < 1.29 is 19.2 Å². The fraction of sp³-hybridized carbons (Fsp3) is 1.00. The van der Waals surface area contributed by atoms with Gasteiger partial charge in [0.1, 0.15) is 0 Å². The molecule has 0 aromatic heterocycles. The highest BCUT2D eigenvalue weighted by Gasteiger charge is 2.10. The maximum atomic E-state index is 8.88. The monoisotopic (exact) mass is 339 g/mol. The lowest BCUT2D eigenvalue weighted by Crippen LogP contribution is -2.27. The third-order valence-corrected chi connectivity index (χ3v) is 3.76. The van der Waals surface area contributed by atoms with Crippen molar-refractivity contribution in [1.29, 1.82) is 0 Å². The van der Waals surface area contributed by atoms with Crippen molar-refractivity contribution in [2.24, 2.45) is 0 Å². The molecule has 0 aromatic carbocycles. The second kappa shape index (κ2) is 15.9. The van der Waals surface area contributed by atoms with Gasteiger partial charge in [0.2, 0.25) is 0 Å². The molecule has 22 heavy (non-hydrogen) atoms. The molecule has 0 aliphatic carbocycles. The molecule has 0 fully saturated rings. The number of phosphoric acid groups is 1. The van der Waals surface area contributed by atoms with Gasteiger partial charge in [-0.3, -0.25) is 0 Å². The maximum Gasteiger partial charge on any atom is 0.466 e. The fourth-order valence-corrected chi connectivity index (χ4v) is 2.45. The third kappa shape index (κ3) is 25.0. The van der Waals surface area contributed by atoms with Crippen LogP contribution in [0.1, 0.15) is 84.5 Å². The van der Waals surface area contributed by atoms with Crippen LogP contribution in [-0.2, 0) is 4.57 Å². The van der Waals surface area contributed by atoms with E-state index in [4.69, 9.17) is 19.2 Å². The van der Waals surface area contributed by atoms with E-state index in [9.17, 15) is 0 Å². The van der Waals surface area contributed by atoms with Crippen molar-refractivity contribution in [2.45, 2.75) is 90.5 Å². The average molecular weight is 339 g/mol. The van der Waals surface area contributed by atoms with Gasteiger partial charge in [-0.15, -0.1) is 0 Å². The first-order chi connectivity index (χ1) is 10.2. The first kappa shape index (κ1) is 24.3. The predicted molar refractivity (Wildman–Crippen MR) is 93.9 cm³/mol. The second-order valence-corrected chi connectivity index (χ2v) is 7.21. The smallest absolute Gasteiger partial charge is 0.306 e. The van der Waals surface area contributed by atoms with Crippen molar-refractivity contribution in [3.63, 3.8) is 0 Å². The van der Waals surface area contributed by atoms with E-state index in [2.05, 4.69) is 32.8 Å². The fourth-order valence-electron chi connectivity index (χ4n) is 2.45. The van der Waals surface area contributed by atoms with Crippen LogP contribution in [0.2, 0.25) is 0 Å². The first-order valence-corrected chi connectivity index (χ1v) is 10.2. The summed E-state index contributed by atoms with van der Waals surface area (Å²) in [7, 11) is -0.151. The molecule has 0 bridgehead atoms. The predicted octanol–water partition coefficient (Wildman–Crippen LogP) is 4.32. The van der Waals surface area contributed by atoms with Gasteiger partial charge in [0.15, 0.2) is 0 Å². The highest BCUT2D eigenvalue weighted by atomic mass is 31.2. The summed E-state index contributed by atoms with van der Waals surface area (Å²) in [4.78, 5) is 24.0. The number of nitrogens with zero attached hydrogens (tertiary/aromatic N) is 1. The SMILES string of the molecule is CCCCCCCCC(CCCCC)N(C)C.O=P(O)(O)O. The van der Waals surface area contributed by atoms with Crippen LogP contribution in [-0.4, -0.2) is 39.7 Å². The van der Waals surface area contributed by atoms with Crippen LogP contribution < -0.4 is 0 Å². The molecule has 0 aliphatic rings. The maximum absolute atomic E-state index is 8.88. The second-order valence-electron chi connectivity index (χ2n) is 6.18. The summed E-state index contributed by atoms with van der Waals surface area (Å²) in [5, 5.41) is 0. The van der Waals surface area contributed by atoms with E-state index < -0.39 is 7.82 Å². The zero-order valence-electron chi connectivity index (χ0n) is 15.0. The van der Waals surface area contributed by atoms with Crippen LogP contribution in [0.15, 0.2) is 0 Å². The molecule has 0 heterocycles. The molecule has 136 valence electrons. The minimum Gasteiger partial charge on any atom is -0.306 e. The molecule has 0 radical (unpaired) electrons. The van der Waals surface area contributed by atoms with Gasteiger partial charge < -0.3 is 19.6 Å². The van der Waals surface area contributed by atoms with Gasteiger partial charge in [0.05, 0.1) is 0 Å². The molecular formula is C16H38NO4P. The zero-order chi connectivity index (χ0) is 17.4. The lowest BCUT2D eigenvalue weighted by molar-refractivity contribution is 0.252. The Bertz CT molecular complexity index is 261. The van der Waals surface area contributed by atoms with Gasteiger partial charge >= 0.3 is 7.82 Å². The van der Waals surface area contributed by atoms with Gasteiger partial charge in [-0.2, -0.15) is 0 Å². The summed E-state index contributed by atoms with van der Waals surface area (Å²) in [5.74, 6) is 0. The van der Waals surface area contributed by atoms with Gasteiger partial charge in [0.25, 0.3) is 0 Å². The van der Waals surface area contributed by atoms with Crippen LogP contribution in [0.4, 0.5) is 0 Å². The Morgan fingerprint density at radius 3 is 1.50 bits per heavy atom. The highest BCUT2D eigenvalue weighted by Crippen LogP contribution is 2.25. The van der Waals surface area contributed by atoms with Crippen LogP contribution in [0.5, 0.6) is 0 Å². The van der Waals surface area contributed by atoms with Crippen LogP contribution in [0.3, 0.4) is 0 Å². The number of rotatable bonds is 12. The molecule has 0 amide bonds. The van der Waals surface area contributed by atoms with E-state index in [1.54, 1.807) is 0 Å². The molecule has 6 heteroatoms. The van der Waals surface area contributed by atoms with Gasteiger partial charge in [0, 0.05) is 6.04 Å². The molecule has 0 spiro atoms. The summed E-state index contributed by atoms with van der Waals surface area (Å²) in [6.45, 7) is 4.58. The Kier molecular flexibility index (Phi) is 17.6. The molecule has 0 aliphatic heterocycles. The molecule has 0 rings (SSSR count). The molecule has 0 aromatic rings. The molecule has 1 unspecified atom stereocenters. The van der Waals surface area contributed by atoms with E-state index >= 15 is 0 Å². The largest absolute Gasteiger partial charge is 0.466 e. The minimum absolute atomic E-state index is 0.827. The Morgan fingerprint density at radius 2 is 1.09 bits per heavy atom. The molecule has 0 saturated carbocycles. The normalized spacial score (nSPS) is 12.9. The lowest BCUT2D eigenvalue weighted by atomic mass is 10.0. The van der Waals surface area contributed by atoms with Crippen molar-refractivity contribution >= 4 is 7.82 Å². The Morgan fingerprint density at radius 1 is 0.773 bits per heavy atom. The van der Waals surface area contributed by atoms with Crippen LogP contribution in [0.25, 0.3) is 0 Å². The topological polar surface area (TPSA) is 81.0 Å². The Labute approximate surface area is 137 Å². The molecular weight excluding hydrogens is 301 g/mol. The molecule has 0 saturated heterocycles. The summed E-state index contributed by atoms with van der Waals surface area (Å²) in [5.41, 5.74) is 0. The van der Waals surface area contributed by atoms with E-state index in [1.165, 1.54) is 70.6 Å². The van der Waals surface area contributed by atoms with E-state index in [-0.39, 0.29) is 0 Å². The summed E-state index contributed by atoms with van der Waals surface area (Å²) in [6, 6.07) is 0.827. The van der Waals surface area contributed by atoms with Gasteiger partial charge in [-0.05, 0) is 26.9 Å². The highest BCUT2D eigenvalue weighted by molar-refractivity contribution is 7.45. The van der Waals surface area contributed by atoms with E-state index in [0.29, 0.717) is 0 Å². The van der Waals surface area contributed by atoms with Gasteiger partial charge in [-0.25, -0.2) is 4.57 Å². The zero-order valence-corrected chi connectivity index (χ0v) is 15.9. The third-order valence-electron chi connectivity index (χ3n) is 3.76. The first-order valence-electron chi connectivity index (χ1n) is 8.67. The van der Waals surface area contributed by atoms with Crippen molar-refractivity contribution in [3.05, 3.63) is 0 Å². The Balaban J connectivity index is 0.